The number of aryl methyl sites for hydroxylation is 1. The molecule has 4 N–H and O–H groups in total. The highest BCUT2D eigenvalue weighted by Gasteiger charge is 2.23. The van der Waals surface area contributed by atoms with E-state index in [0.717, 1.165) is 19.4 Å². The number of benzene rings is 1. The highest BCUT2D eigenvalue weighted by molar-refractivity contribution is 6.01. The summed E-state index contributed by atoms with van der Waals surface area (Å²) in [6, 6.07) is 2.98. The Kier molecular flexibility index (Phi) is 5.92. The summed E-state index contributed by atoms with van der Waals surface area (Å²) in [4.78, 5) is 22.6. The minimum absolute atomic E-state index is 0. The number of halogens is 1. The summed E-state index contributed by atoms with van der Waals surface area (Å²) in [6.45, 7) is 3.36. The Morgan fingerprint density at radius 2 is 2.24 bits per heavy atom. The fourth-order valence-corrected chi connectivity index (χ4v) is 2.36. The molecule has 1 aromatic carbocycles. The number of nitrogens with zero attached hydrogens (tertiary/aromatic N) is 1. The van der Waals surface area contributed by atoms with Gasteiger partial charge in [0.25, 0.3) is 11.6 Å². The van der Waals surface area contributed by atoms with E-state index in [1.165, 1.54) is 6.07 Å². The Morgan fingerprint density at radius 3 is 2.81 bits per heavy atom. The average molecular weight is 315 g/mol. The van der Waals surface area contributed by atoms with E-state index in [1.807, 2.05) is 0 Å². The third-order valence-corrected chi connectivity index (χ3v) is 3.38. The van der Waals surface area contributed by atoms with Crippen LogP contribution in [0.1, 0.15) is 28.8 Å². The van der Waals surface area contributed by atoms with E-state index in [0.29, 0.717) is 12.1 Å². The fourth-order valence-electron chi connectivity index (χ4n) is 2.36. The number of nitrogens with one attached hydrogen (secondary N) is 2. The molecule has 1 fully saturated rings. The van der Waals surface area contributed by atoms with Gasteiger partial charge in [0.1, 0.15) is 5.69 Å². The third kappa shape index (κ3) is 4.05. The van der Waals surface area contributed by atoms with Crippen molar-refractivity contribution in [1.82, 2.24) is 10.6 Å². The Morgan fingerprint density at radius 1 is 1.52 bits per heavy atom. The number of hydrogen-bond acceptors (Lipinski definition) is 5. The molecule has 0 bridgehead atoms. The number of nitrogens with two attached hydrogens (primary N) is 1. The molecule has 116 valence electrons. The zero-order chi connectivity index (χ0) is 14.7. The zero-order valence-corrected chi connectivity index (χ0v) is 12.5. The molecule has 1 saturated heterocycles. The van der Waals surface area contributed by atoms with Crippen molar-refractivity contribution >= 4 is 29.7 Å². The zero-order valence-electron chi connectivity index (χ0n) is 11.7. The lowest BCUT2D eigenvalue weighted by molar-refractivity contribution is -0.384. The summed E-state index contributed by atoms with van der Waals surface area (Å²) in [6.07, 6.45) is 1.89. The van der Waals surface area contributed by atoms with Crippen LogP contribution in [0.2, 0.25) is 0 Å². The summed E-state index contributed by atoms with van der Waals surface area (Å²) in [7, 11) is 0. The smallest absolute Gasteiger partial charge is 0.293 e. The van der Waals surface area contributed by atoms with Gasteiger partial charge in [0.05, 0.1) is 10.5 Å². The molecule has 7 nitrogen and oxygen atoms in total. The molecule has 0 radical (unpaired) electrons. The SMILES string of the molecule is Cc1cc(C(=O)NC2CCCNC2)c(N)c([N+](=O)[O-])c1.Cl. The van der Waals surface area contributed by atoms with Crippen LogP contribution in [0.15, 0.2) is 12.1 Å². The van der Waals surface area contributed by atoms with Gasteiger partial charge >= 0.3 is 0 Å². The lowest BCUT2D eigenvalue weighted by Crippen LogP contribution is -2.45. The lowest BCUT2D eigenvalue weighted by Gasteiger charge is -2.24. The molecule has 0 aliphatic carbocycles. The predicted molar refractivity (Wildman–Crippen MR) is 82.9 cm³/mol. The van der Waals surface area contributed by atoms with Crippen LogP contribution in [0.25, 0.3) is 0 Å². The van der Waals surface area contributed by atoms with Crippen molar-refractivity contribution in [2.24, 2.45) is 0 Å². The van der Waals surface area contributed by atoms with Crippen molar-refractivity contribution in [1.29, 1.82) is 0 Å². The van der Waals surface area contributed by atoms with Gasteiger partial charge in [-0.1, -0.05) is 0 Å². The number of nitro groups is 1. The average Bonchev–Trinajstić information content (AvgIpc) is 2.41. The monoisotopic (exact) mass is 314 g/mol. The van der Waals surface area contributed by atoms with Gasteiger partial charge in [0, 0.05) is 18.7 Å². The minimum atomic E-state index is -0.568. The number of anilines is 1. The van der Waals surface area contributed by atoms with E-state index in [1.54, 1.807) is 13.0 Å². The van der Waals surface area contributed by atoms with Crippen molar-refractivity contribution in [3.8, 4) is 0 Å². The molecule has 0 spiro atoms. The van der Waals surface area contributed by atoms with Crippen LogP contribution in [-0.4, -0.2) is 30.0 Å². The molecule has 1 aliphatic heterocycles. The summed E-state index contributed by atoms with van der Waals surface area (Å²) in [5.74, 6) is -0.358. The molecule has 1 atom stereocenters. The van der Waals surface area contributed by atoms with E-state index in [2.05, 4.69) is 10.6 Å². The highest BCUT2D eigenvalue weighted by atomic mass is 35.5. The quantitative estimate of drug-likeness (QED) is 0.443. The maximum atomic E-state index is 12.2. The van der Waals surface area contributed by atoms with Crippen LogP contribution < -0.4 is 16.4 Å². The van der Waals surface area contributed by atoms with Gasteiger partial charge in [-0.15, -0.1) is 12.4 Å². The lowest BCUT2D eigenvalue weighted by atomic mass is 10.0. The number of nitro benzene ring substituents is 1. The van der Waals surface area contributed by atoms with Gasteiger partial charge in [0.2, 0.25) is 0 Å². The van der Waals surface area contributed by atoms with Crippen LogP contribution in [0, 0.1) is 17.0 Å². The Labute approximate surface area is 128 Å². The van der Waals surface area contributed by atoms with E-state index in [9.17, 15) is 14.9 Å². The third-order valence-electron chi connectivity index (χ3n) is 3.38. The maximum absolute atomic E-state index is 12.2. The summed E-state index contributed by atoms with van der Waals surface area (Å²) >= 11 is 0. The first kappa shape index (κ1) is 17.2. The first-order chi connectivity index (χ1) is 9.49. The predicted octanol–water partition coefficient (Wildman–Crippen LogP) is 1.39. The second-order valence-corrected chi connectivity index (χ2v) is 5.02. The number of carbonyl (C=O) groups excluding carboxylic acids is 1. The molecule has 1 aromatic rings. The molecule has 1 aliphatic rings. The fraction of sp³-hybridized carbons (Fsp3) is 0.462. The van der Waals surface area contributed by atoms with Crippen LogP contribution in [0.3, 0.4) is 0 Å². The van der Waals surface area contributed by atoms with Gasteiger partial charge in [-0.25, -0.2) is 0 Å². The van der Waals surface area contributed by atoms with Crippen LogP contribution in [0.4, 0.5) is 11.4 Å². The molecule has 0 aromatic heterocycles. The van der Waals surface area contributed by atoms with Crippen molar-refractivity contribution in [3.63, 3.8) is 0 Å². The standard InChI is InChI=1S/C13H18N4O3.ClH/c1-8-5-10(12(14)11(6-8)17(19)20)13(18)16-9-3-2-4-15-7-9;/h5-6,9,15H,2-4,7,14H2,1H3,(H,16,18);1H. The minimum Gasteiger partial charge on any atom is -0.393 e. The largest absolute Gasteiger partial charge is 0.393 e. The van der Waals surface area contributed by atoms with Crippen molar-refractivity contribution in [2.75, 3.05) is 18.8 Å². The topological polar surface area (TPSA) is 110 Å². The molecule has 1 amide bonds. The normalized spacial score (nSPS) is 17.7. The highest BCUT2D eigenvalue weighted by Crippen LogP contribution is 2.27. The number of nitrogen functional groups attached to an aromatic ring is 1. The van der Waals surface area contributed by atoms with Gasteiger partial charge < -0.3 is 16.4 Å². The van der Waals surface area contributed by atoms with Crippen molar-refractivity contribution in [2.45, 2.75) is 25.8 Å². The van der Waals surface area contributed by atoms with Gasteiger partial charge in [-0.05, 0) is 37.9 Å². The van der Waals surface area contributed by atoms with Crippen LogP contribution in [0.5, 0.6) is 0 Å². The Bertz CT molecular complexity index is 544. The number of piperidine rings is 1. The van der Waals surface area contributed by atoms with E-state index in [-0.39, 0.29) is 41.3 Å². The summed E-state index contributed by atoms with van der Waals surface area (Å²) in [5.41, 5.74) is 6.24. The molecule has 21 heavy (non-hydrogen) atoms. The first-order valence-corrected chi connectivity index (χ1v) is 6.55. The summed E-state index contributed by atoms with van der Waals surface area (Å²) in [5, 5.41) is 17.0. The van der Waals surface area contributed by atoms with E-state index >= 15 is 0 Å². The molecule has 2 rings (SSSR count). The second-order valence-electron chi connectivity index (χ2n) is 5.02. The maximum Gasteiger partial charge on any atom is 0.293 e. The van der Waals surface area contributed by atoms with Crippen LogP contribution in [-0.2, 0) is 0 Å². The van der Waals surface area contributed by atoms with Crippen LogP contribution >= 0.6 is 12.4 Å². The molecular formula is C13H19ClN4O3. The number of rotatable bonds is 3. The van der Waals surface area contributed by atoms with Gasteiger partial charge in [-0.2, -0.15) is 0 Å². The second kappa shape index (κ2) is 7.24. The van der Waals surface area contributed by atoms with Gasteiger partial charge in [0.15, 0.2) is 0 Å². The molecule has 1 unspecified atom stereocenters. The Balaban J connectivity index is 0.00000220. The van der Waals surface area contributed by atoms with E-state index < -0.39 is 4.92 Å². The summed E-state index contributed by atoms with van der Waals surface area (Å²) < 4.78 is 0. The van der Waals surface area contributed by atoms with Crippen molar-refractivity contribution in [3.05, 3.63) is 33.4 Å². The molecular weight excluding hydrogens is 296 g/mol. The molecule has 1 heterocycles. The van der Waals surface area contributed by atoms with E-state index in [4.69, 9.17) is 5.73 Å². The molecule has 0 saturated carbocycles. The van der Waals surface area contributed by atoms with Gasteiger partial charge in [-0.3, -0.25) is 14.9 Å². The van der Waals surface area contributed by atoms with Crippen molar-refractivity contribution < 1.29 is 9.72 Å². The molecule has 8 heteroatoms. The number of hydrogen-bond donors (Lipinski definition) is 3. The Hall–Kier alpha value is -1.86. The number of carbonyl (C=O) groups is 1. The first-order valence-electron chi connectivity index (χ1n) is 6.55. The number of amides is 1.